The van der Waals surface area contributed by atoms with E-state index in [1.165, 1.54) is 20.2 Å². The molecule has 260 valence electrons. The summed E-state index contributed by atoms with van der Waals surface area (Å²) in [7, 11) is -0.896. The van der Waals surface area contributed by atoms with Crippen molar-refractivity contribution in [1.82, 2.24) is 24.2 Å². The van der Waals surface area contributed by atoms with Crippen molar-refractivity contribution in [3.05, 3.63) is 108 Å². The van der Waals surface area contributed by atoms with Gasteiger partial charge in [-0.2, -0.15) is 0 Å². The highest BCUT2D eigenvalue weighted by atomic mass is 32.2. The molecule has 1 N–H and O–H groups in total. The van der Waals surface area contributed by atoms with Crippen molar-refractivity contribution in [2.75, 3.05) is 32.5 Å². The summed E-state index contributed by atoms with van der Waals surface area (Å²) in [4.78, 5) is 28.4. The van der Waals surface area contributed by atoms with Gasteiger partial charge >= 0.3 is 6.09 Å². The predicted molar refractivity (Wildman–Crippen MR) is 190 cm³/mol. The highest BCUT2D eigenvalue weighted by molar-refractivity contribution is 7.88. The third kappa shape index (κ3) is 7.84. The minimum absolute atomic E-state index is 0.0638. The number of halogens is 1. The summed E-state index contributed by atoms with van der Waals surface area (Å²) in [5.74, 6) is 0.193. The second kappa shape index (κ2) is 14.8. The van der Waals surface area contributed by atoms with E-state index in [9.17, 15) is 13.2 Å². The average Bonchev–Trinajstić information content (AvgIpc) is 3.10. The predicted octanol–water partition coefficient (Wildman–Crippen LogP) is 6.78. The van der Waals surface area contributed by atoms with Crippen LogP contribution in [0.5, 0.6) is 11.6 Å². The number of carbonyl (C=O) groups is 1. The molecule has 0 radical (unpaired) electrons. The molecule has 0 aliphatic carbocycles. The van der Waals surface area contributed by atoms with E-state index in [1.807, 2.05) is 43.3 Å². The number of sulfonamides is 1. The molecule has 0 bridgehead atoms. The Kier molecular flexibility index (Phi) is 10.3. The first-order valence-corrected chi connectivity index (χ1v) is 17.9. The van der Waals surface area contributed by atoms with Crippen molar-refractivity contribution in [3.8, 4) is 22.9 Å². The van der Waals surface area contributed by atoms with Gasteiger partial charge in [0.05, 0.1) is 17.0 Å². The van der Waals surface area contributed by atoms with Crippen molar-refractivity contribution >= 4 is 32.8 Å². The molecule has 0 saturated carbocycles. The van der Waals surface area contributed by atoms with Crippen molar-refractivity contribution < 1.29 is 27.1 Å². The largest absolute Gasteiger partial charge is 0.445 e. The highest BCUT2D eigenvalue weighted by Gasteiger charge is 2.29. The second-order valence-corrected chi connectivity index (χ2v) is 14.9. The van der Waals surface area contributed by atoms with Crippen LogP contribution in [0.3, 0.4) is 0 Å². The van der Waals surface area contributed by atoms with Crippen molar-refractivity contribution in [1.29, 1.82) is 0 Å². The standard InChI is InChI=1S/C37H39FN6O5S/c1-24-19-27(21-44(20-24)37(45)48-22-26-9-6-5-7-10-26)41-36-40-18-16-33(42-36)30-11-8-17-39-35(30)49-34-25(2)12-13-28-29(34)14-15-32(38)31(28)23-50(46,47)43(3)4/h5-18,24,27H,19-23H2,1-4H3,(H,40,41,42)/t24-,27+/m1/s1. The molecule has 13 heteroatoms. The van der Waals surface area contributed by atoms with Crippen LogP contribution in [0, 0.1) is 18.7 Å². The number of aryl methyl sites for hydroxylation is 1. The monoisotopic (exact) mass is 698 g/mol. The molecular formula is C37H39FN6O5S. The van der Waals surface area contributed by atoms with Crippen molar-refractivity contribution in [2.24, 2.45) is 5.92 Å². The molecule has 1 amide bonds. The number of rotatable bonds is 10. The van der Waals surface area contributed by atoms with E-state index < -0.39 is 21.6 Å². The van der Waals surface area contributed by atoms with Gasteiger partial charge in [-0.3, -0.25) is 0 Å². The molecule has 3 heterocycles. The lowest BCUT2D eigenvalue weighted by Crippen LogP contribution is -2.48. The van der Waals surface area contributed by atoms with Crippen LogP contribution in [0.25, 0.3) is 22.0 Å². The van der Waals surface area contributed by atoms with E-state index in [1.54, 1.807) is 47.6 Å². The number of hydrogen-bond acceptors (Lipinski definition) is 9. The number of carbonyl (C=O) groups excluding carboxylic acids is 1. The number of piperidine rings is 1. The fourth-order valence-electron chi connectivity index (χ4n) is 6.06. The number of benzene rings is 3. The van der Waals surface area contributed by atoms with Gasteiger partial charge in [0.1, 0.15) is 18.2 Å². The van der Waals surface area contributed by atoms with E-state index in [0.717, 1.165) is 21.9 Å². The maximum Gasteiger partial charge on any atom is 0.410 e. The lowest BCUT2D eigenvalue weighted by molar-refractivity contribution is 0.0783. The van der Waals surface area contributed by atoms with Crippen LogP contribution in [0.4, 0.5) is 15.1 Å². The molecule has 1 aliphatic rings. The smallest absolute Gasteiger partial charge is 0.410 e. The zero-order valence-electron chi connectivity index (χ0n) is 28.3. The van der Waals surface area contributed by atoms with Gasteiger partial charge in [-0.1, -0.05) is 49.4 Å². The number of nitrogens with zero attached hydrogens (tertiary/aromatic N) is 5. The summed E-state index contributed by atoms with van der Waals surface area (Å²) >= 11 is 0. The summed E-state index contributed by atoms with van der Waals surface area (Å²) in [5, 5.41) is 4.38. The van der Waals surface area contributed by atoms with Gasteiger partial charge in [-0.25, -0.2) is 36.9 Å². The van der Waals surface area contributed by atoms with Crippen LogP contribution in [0.15, 0.2) is 85.2 Å². The number of pyridine rings is 1. The molecule has 2 aromatic heterocycles. The Morgan fingerprint density at radius 1 is 0.980 bits per heavy atom. The molecule has 1 saturated heterocycles. The molecule has 0 unspecified atom stereocenters. The van der Waals surface area contributed by atoms with Crippen LogP contribution in [0.2, 0.25) is 0 Å². The summed E-state index contributed by atoms with van der Waals surface area (Å²) in [6.45, 7) is 5.19. The molecule has 3 aromatic carbocycles. The first kappa shape index (κ1) is 34.7. The summed E-state index contributed by atoms with van der Waals surface area (Å²) in [5.41, 5.74) is 2.89. The normalized spacial score (nSPS) is 16.4. The van der Waals surface area contributed by atoms with Crippen LogP contribution >= 0.6 is 0 Å². The Hall–Kier alpha value is -5.14. The Balaban J connectivity index is 1.23. The van der Waals surface area contributed by atoms with Crippen LogP contribution in [-0.2, 0) is 27.1 Å². The second-order valence-electron chi connectivity index (χ2n) is 12.7. The number of nitrogens with one attached hydrogen (secondary N) is 1. The zero-order chi connectivity index (χ0) is 35.4. The Labute approximate surface area is 291 Å². The van der Waals surface area contributed by atoms with Crippen LogP contribution in [0.1, 0.15) is 30.0 Å². The van der Waals surface area contributed by atoms with Gasteiger partial charge in [0.15, 0.2) is 0 Å². The fourth-order valence-corrected chi connectivity index (χ4v) is 6.97. The number of hydrogen-bond donors (Lipinski definition) is 1. The van der Waals surface area contributed by atoms with E-state index in [0.29, 0.717) is 46.8 Å². The van der Waals surface area contributed by atoms with Gasteiger partial charge in [0, 0.05) is 56.6 Å². The van der Waals surface area contributed by atoms with Crippen LogP contribution < -0.4 is 10.1 Å². The van der Waals surface area contributed by atoms with E-state index in [-0.39, 0.29) is 36.1 Å². The SMILES string of the molecule is Cc1ccc2c(CS(=O)(=O)N(C)C)c(F)ccc2c1Oc1ncccc1-c1ccnc(N[C@H]2C[C@@H](C)CN(C(=O)OCc3ccccc3)C2)n1. The number of anilines is 1. The van der Waals surface area contributed by atoms with E-state index in [2.05, 4.69) is 22.2 Å². The number of likely N-dealkylation sites (tertiary alicyclic amines) is 1. The van der Waals surface area contributed by atoms with Gasteiger partial charge in [0.2, 0.25) is 21.9 Å². The Morgan fingerprint density at radius 2 is 1.76 bits per heavy atom. The Bertz CT molecular complexity index is 2120. The van der Waals surface area contributed by atoms with Gasteiger partial charge in [-0.15, -0.1) is 0 Å². The Morgan fingerprint density at radius 3 is 2.54 bits per heavy atom. The number of fused-ring (bicyclic) bond motifs is 1. The zero-order valence-corrected chi connectivity index (χ0v) is 29.2. The van der Waals surface area contributed by atoms with Crippen molar-refractivity contribution in [3.63, 3.8) is 0 Å². The minimum Gasteiger partial charge on any atom is -0.445 e. The highest BCUT2D eigenvalue weighted by Crippen LogP contribution is 2.38. The van der Waals surface area contributed by atoms with Crippen molar-refractivity contribution in [2.45, 2.75) is 38.7 Å². The number of amides is 1. The molecule has 6 rings (SSSR count). The van der Waals surface area contributed by atoms with E-state index in [4.69, 9.17) is 14.5 Å². The molecule has 1 aliphatic heterocycles. The maximum atomic E-state index is 15.1. The molecule has 5 aromatic rings. The lowest BCUT2D eigenvalue weighted by atomic mass is 9.96. The summed E-state index contributed by atoms with van der Waals surface area (Å²) < 4.78 is 53.6. The first-order chi connectivity index (χ1) is 24.0. The molecule has 2 atom stereocenters. The average molecular weight is 699 g/mol. The third-order valence-electron chi connectivity index (χ3n) is 8.64. The summed E-state index contributed by atoms with van der Waals surface area (Å²) in [6, 6.07) is 21.1. The lowest BCUT2D eigenvalue weighted by Gasteiger charge is -2.36. The number of aromatic nitrogens is 3. The van der Waals surface area contributed by atoms with Gasteiger partial charge in [0.25, 0.3) is 0 Å². The van der Waals surface area contributed by atoms with Crippen LogP contribution in [-0.4, -0.2) is 71.9 Å². The minimum atomic E-state index is -3.73. The molecular weight excluding hydrogens is 660 g/mol. The van der Waals surface area contributed by atoms with Gasteiger partial charge in [-0.05, 0) is 66.1 Å². The van der Waals surface area contributed by atoms with E-state index >= 15 is 4.39 Å². The molecule has 50 heavy (non-hydrogen) atoms. The molecule has 11 nitrogen and oxygen atoms in total. The first-order valence-electron chi connectivity index (χ1n) is 16.3. The topological polar surface area (TPSA) is 127 Å². The molecule has 1 fully saturated rings. The quantitative estimate of drug-likeness (QED) is 0.168. The third-order valence-corrected chi connectivity index (χ3v) is 10.4. The van der Waals surface area contributed by atoms with Gasteiger partial charge < -0.3 is 19.7 Å². The number of ether oxygens (including phenoxy) is 2. The molecule has 0 spiro atoms. The fraction of sp³-hybridized carbons (Fsp3) is 0.297. The summed E-state index contributed by atoms with van der Waals surface area (Å²) in [6.07, 6.45) is 3.69. The maximum absolute atomic E-state index is 15.1.